The van der Waals surface area contributed by atoms with Gasteiger partial charge in [0.1, 0.15) is 0 Å². The molecule has 0 fully saturated rings. The minimum absolute atomic E-state index is 0.471. The number of rotatable bonds is 67. The molecule has 3 atom stereocenters. The molecule has 0 aliphatic heterocycles. The lowest BCUT2D eigenvalue weighted by atomic mass is 9.41. The maximum Gasteiger partial charge on any atom is -0.0184 e. The summed E-state index contributed by atoms with van der Waals surface area (Å²) in [5, 5.41) is 0. The Morgan fingerprint density at radius 3 is 0.494 bits per heavy atom. The summed E-state index contributed by atoms with van der Waals surface area (Å²) in [5.74, 6) is 0.837. The van der Waals surface area contributed by atoms with Crippen molar-refractivity contribution in [1.82, 2.24) is 0 Å². The standard InChI is InChI=1S/C77H156/c1-10-17-24-31-36-40-43-48-53-62-71-76(69-59-50-45-39-34-27-20-13-4,70-61-52-47-42-38-33-26-19-12-3)77(73-64-55-56-65-74(8)9,72-63-54-44-35-28-21-14-5)75(66-57-30-23-16-7,67-58-49-29-22-15-6)68-60-51-46-41-37-32-25-18-11-2/h74H,10-73H2,1-9H3. The minimum Gasteiger partial charge on any atom is -0.0654 e. The van der Waals surface area contributed by atoms with Gasteiger partial charge in [0, 0.05) is 0 Å². The summed E-state index contributed by atoms with van der Waals surface area (Å²) in [7, 11) is 0. The number of unbranched alkanes of at least 4 members (excludes halogenated alkanes) is 47. The second kappa shape index (κ2) is 59.2. The Balaban J connectivity index is 8.14. The fourth-order valence-electron chi connectivity index (χ4n) is 15.5. The van der Waals surface area contributed by atoms with Crippen molar-refractivity contribution in [2.75, 3.05) is 0 Å². The molecule has 77 heavy (non-hydrogen) atoms. The van der Waals surface area contributed by atoms with E-state index in [2.05, 4.69) is 62.3 Å². The van der Waals surface area contributed by atoms with Gasteiger partial charge in [-0.3, -0.25) is 0 Å². The van der Waals surface area contributed by atoms with Crippen molar-refractivity contribution < 1.29 is 0 Å². The van der Waals surface area contributed by atoms with Gasteiger partial charge in [0.25, 0.3) is 0 Å². The normalized spacial score (nSPS) is 14.4. The molecule has 0 bridgehead atoms. The van der Waals surface area contributed by atoms with Crippen LogP contribution in [0.3, 0.4) is 0 Å². The van der Waals surface area contributed by atoms with Crippen LogP contribution < -0.4 is 0 Å². The lowest BCUT2D eigenvalue weighted by Crippen LogP contribution is -2.54. The molecular weight excluding hydrogens is 925 g/mol. The quantitative estimate of drug-likeness (QED) is 0.0533. The molecule has 0 nitrogen and oxygen atoms in total. The zero-order chi connectivity index (χ0) is 56.3. The first-order valence-electron chi connectivity index (χ1n) is 37.8. The Morgan fingerprint density at radius 1 is 0.169 bits per heavy atom. The topological polar surface area (TPSA) is 0 Å². The molecule has 3 unspecified atom stereocenters. The molecule has 0 aliphatic carbocycles. The summed E-state index contributed by atoms with van der Waals surface area (Å²) in [6, 6.07) is 0. The molecule has 0 spiro atoms. The molecule has 0 heteroatoms. The first kappa shape index (κ1) is 77.0. The molecule has 0 saturated heterocycles. The van der Waals surface area contributed by atoms with Crippen LogP contribution in [0.2, 0.25) is 0 Å². The highest BCUT2D eigenvalue weighted by Gasteiger charge is 2.59. The van der Waals surface area contributed by atoms with Crippen molar-refractivity contribution in [2.24, 2.45) is 22.2 Å². The summed E-state index contributed by atoms with van der Waals surface area (Å²) in [5.41, 5.74) is 1.45. The summed E-state index contributed by atoms with van der Waals surface area (Å²) >= 11 is 0. The molecule has 0 N–H and O–H groups in total. The van der Waals surface area contributed by atoms with E-state index in [9.17, 15) is 0 Å². The van der Waals surface area contributed by atoms with Crippen molar-refractivity contribution in [3.63, 3.8) is 0 Å². The molecule has 0 heterocycles. The van der Waals surface area contributed by atoms with Gasteiger partial charge >= 0.3 is 0 Å². The lowest BCUT2D eigenvalue weighted by molar-refractivity contribution is -0.140. The average Bonchev–Trinajstić information content (AvgIpc) is 3.43. The predicted octanol–water partition coefficient (Wildman–Crippen LogP) is 29.7. The predicted molar refractivity (Wildman–Crippen MR) is 357 cm³/mol. The van der Waals surface area contributed by atoms with E-state index in [0.29, 0.717) is 16.2 Å². The zero-order valence-electron chi connectivity index (χ0n) is 56.3. The van der Waals surface area contributed by atoms with E-state index in [1.807, 2.05) is 0 Å². The Morgan fingerprint density at radius 2 is 0.312 bits per heavy atom. The van der Waals surface area contributed by atoms with E-state index in [1.165, 1.54) is 360 Å². The molecule has 0 rings (SSSR count). The van der Waals surface area contributed by atoms with Crippen molar-refractivity contribution in [3.8, 4) is 0 Å². The van der Waals surface area contributed by atoms with E-state index in [4.69, 9.17) is 0 Å². The molecule has 0 radical (unpaired) electrons. The van der Waals surface area contributed by atoms with Gasteiger partial charge in [0.05, 0.1) is 0 Å². The summed E-state index contributed by atoms with van der Waals surface area (Å²) in [6.45, 7) is 21.9. The average molecular weight is 1080 g/mol. The van der Waals surface area contributed by atoms with Crippen LogP contribution in [0.25, 0.3) is 0 Å². The molecule has 0 aromatic carbocycles. The summed E-state index contributed by atoms with van der Waals surface area (Å²) in [6.07, 6.45) is 94.9. The van der Waals surface area contributed by atoms with E-state index in [1.54, 1.807) is 51.4 Å². The van der Waals surface area contributed by atoms with Crippen LogP contribution in [-0.2, 0) is 0 Å². The summed E-state index contributed by atoms with van der Waals surface area (Å²) < 4.78 is 0. The van der Waals surface area contributed by atoms with Gasteiger partial charge in [0.15, 0.2) is 0 Å². The van der Waals surface area contributed by atoms with Gasteiger partial charge in [-0.2, -0.15) is 0 Å². The van der Waals surface area contributed by atoms with Crippen LogP contribution in [-0.4, -0.2) is 0 Å². The molecule has 0 aromatic rings. The Kier molecular flexibility index (Phi) is 59.2. The second-order valence-corrected chi connectivity index (χ2v) is 27.8. The third-order valence-electron chi connectivity index (χ3n) is 20.4. The second-order valence-electron chi connectivity index (χ2n) is 27.8. The smallest absolute Gasteiger partial charge is 0.0184 e. The molecular formula is C77H156. The monoisotopic (exact) mass is 1080 g/mol. The zero-order valence-corrected chi connectivity index (χ0v) is 56.3. The maximum absolute atomic E-state index is 2.50. The minimum atomic E-state index is 0.471. The van der Waals surface area contributed by atoms with Gasteiger partial charge in [-0.25, -0.2) is 0 Å². The largest absolute Gasteiger partial charge is 0.0654 e. The van der Waals surface area contributed by atoms with Crippen LogP contribution >= 0.6 is 0 Å². The van der Waals surface area contributed by atoms with Crippen LogP contribution in [0, 0.1) is 22.2 Å². The van der Waals surface area contributed by atoms with E-state index >= 15 is 0 Å². The molecule has 0 aromatic heterocycles. The third kappa shape index (κ3) is 41.6. The lowest BCUT2D eigenvalue weighted by Gasteiger charge is -2.64. The van der Waals surface area contributed by atoms with Gasteiger partial charge in [-0.1, -0.05) is 422 Å². The highest BCUT2D eigenvalue weighted by atomic mass is 14.6. The fourth-order valence-corrected chi connectivity index (χ4v) is 15.5. The van der Waals surface area contributed by atoms with Crippen LogP contribution in [0.5, 0.6) is 0 Å². The van der Waals surface area contributed by atoms with Crippen molar-refractivity contribution in [3.05, 3.63) is 0 Å². The third-order valence-corrected chi connectivity index (χ3v) is 20.4. The van der Waals surface area contributed by atoms with Gasteiger partial charge in [-0.15, -0.1) is 0 Å². The molecule has 464 valence electrons. The van der Waals surface area contributed by atoms with Crippen LogP contribution in [0.15, 0.2) is 0 Å². The number of hydrogen-bond donors (Lipinski definition) is 0. The first-order valence-corrected chi connectivity index (χ1v) is 37.8. The van der Waals surface area contributed by atoms with E-state index in [-0.39, 0.29) is 0 Å². The van der Waals surface area contributed by atoms with Crippen LogP contribution in [0.4, 0.5) is 0 Å². The Labute approximate surface area is 492 Å². The summed E-state index contributed by atoms with van der Waals surface area (Å²) in [4.78, 5) is 0. The maximum atomic E-state index is 2.50. The van der Waals surface area contributed by atoms with Gasteiger partial charge < -0.3 is 0 Å². The van der Waals surface area contributed by atoms with Gasteiger partial charge in [0.2, 0.25) is 0 Å². The van der Waals surface area contributed by atoms with Crippen LogP contribution in [0.1, 0.15) is 473 Å². The Bertz CT molecular complexity index is 1090. The Hall–Kier alpha value is 0. The molecule has 0 aliphatic rings. The first-order chi connectivity index (χ1) is 37.8. The molecule has 0 saturated carbocycles. The van der Waals surface area contributed by atoms with E-state index < -0.39 is 0 Å². The van der Waals surface area contributed by atoms with Crippen molar-refractivity contribution >= 4 is 0 Å². The van der Waals surface area contributed by atoms with Crippen molar-refractivity contribution in [2.45, 2.75) is 473 Å². The highest BCUT2D eigenvalue weighted by molar-refractivity contribution is 5.08. The molecule has 0 amide bonds. The SMILES string of the molecule is CCCCCCCCCCCCC(CCCCCCCCCC)(CCCCCCCCCCC)C(CCCCCCCCC)(CCCCCC(C)C)C(CCCCCC)(CCCCCCC)CCCCCCCCCCC. The van der Waals surface area contributed by atoms with Gasteiger partial charge in [-0.05, 0) is 73.5 Å². The van der Waals surface area contributed by atoms with Crippen molar-refractivity contribution in [1.29, 1.82) is 0 Å². The van der Waals surface area contributed by atoms with E-state index in [0.717, 1.165) is 5.92 Å². The fraction of sp³-hybridized carbons (Fsp3) is 1.00. The number of hydrogen-bond acceptors (Lipinski definition) is 0. The highest BCUT2D eigenvalue weighted by Crippen LogP contribution is 2.69.